The number of pyridine rings is 1. The number of hydrogen-bond donors (Lipinski definition) is 1. The van der Waals surface area contributed by atoms with Crippen molar-refractivity contribution in [2.45, 2.75) is 6.92 Å². The van der Waals surface area contributed by atoms with Gasteiger partial charge in [0.1, 0.15) is 5.75 Å². The zero-order valence-corrected chi connectivity index (χ0v) is 13.7. The zero-order chi connectivity index (χ0) is 17.8. The Labute approximate surface area is 143 Å². The molecule has 1 N–H and O–H groups in total. The van der Waals surface area contributed by atoms with Gasteiger partial charge in [0.25, 0.3) is 0 Å². The lowest BCUT2D eigenvalue weighted by molar-refractivity contribution is 0.0521. The fourth-order valence-electron chi connectivity index (χ4n) is 2.25. The van der Waals surface area contributed by atoms with Gasteiger partial charge in [0.05, 0.1) is 19.4 Å². The fourth-order valence-corrected chi connectivity index (χ4v) is 2.25. The zero-order valence-electron chi connectivity index (χ0n) is 13.7. The molecule has 0 bridgehead atoms. The highest BCUT2D eigenvalue weighted by molar-refractivity contribution is 5.93. The second-order valence-electron chi connectivity index (χ2n) is 4.99. The van der Waals surface area contributed by atoms with Gasteiger partial charge in [-0.2, -0.15) is 0 Å². The first-order valence-corrected chi connectivity index (χ1v) is 7.57. The van der Waals surface area contributed by atoms with Crippen LogP contribution in [0.3, 0.4) is 0 Å². The molecule has 0 fully saturated rings. The van der Waals surface area contributed by atoms with E-state index in [9.17, 15) is 9.90 Å². The number of ether oxygens (including phenoxy) is 2. The van der Waals surface area contributed by atoms with Crippen LogP contribution in [0.1, 0.15) is 17.4 Å². The van der Waals surface area contributed by atoms with Crippen LogP contribution in [0.5, 0.6) is 11.5 Å². The number of rotatable bonds is 5. The van der Waals surface area contributed by atoms with Gasteiger partial charge in [-0.3, -0.25) is 4.40 Å². The molecule has 3 rings (SSSR count). The van der Waals surface area contributed by atoms with Gasteiger partial charge in [0.2, 0.25) is 0 Å². The van der Waals surface area contributed by atoms with E-state index < -0.39 is 5.97 Å². The summed E-state index contributed by atoms with van der Waals surface area (Å²) in [6, 6.07) is 10.1. The fraction of sp³-hybridized carbons (Fsp3) is 0.176. The first kappa shape index (κ1) is 16.4. The molecule has 0 unspecified atom stereocenters. The van der Waals surface area contributed by atoms with Gasteiger partial charge in [-0.05, 0) is 31.2 Å². The van der Waals surface area contributed by atoms with Crippen LogP contribution in [0.4, 0.5) is 11.5 Å². The molecule has 3 aromatic rings. The number of esters is 1. The lowest BCUT2D eigenvalue weighted by Gasteiger charge is -2.01. The average Bonchev–Trinajstić information content (AvgIpc) is 3.00. The van der Waals surface area contributed by atoms with Crippen molar-refractivity contribution in [3.8, 4) is 11.5 Å². The molecule has 0 aliphatic heterocycles. The summed E-state index contributed by atoms with van der Waals surface area (Å²) in [5.74, 6) is 0.103. The third kappa shape index (κ3) is 3.27. The first-order valence-electron chi connectivity index (χ1n) is 7.57. The van der Waals surface area contributed by atoms with Crippen LogP contribution in [-0.4, -0.2) is 34.2 Å². The van der Waals surface area contributed by atoms with E-state index in [1.807, 2.05) is 0 Å². The van der Waals surface area contributed by atoms with Crippen LogP contribution in [-0.2, 0) is 4.74 Å². The first-order chi connectivity index (χ1) is 12.1. The second kappa shape index (κ2) is 7.00. The molecule has 2 aromatic heterocycles. The maximum atomic E-state index is 12.2. The molecule has 0 aliphatic rings. The van der Waals surface area contributed by atoms with E-state index in [4.69, 9.17) is 9.47 Å². The third-order valence-electron chi connectivity index (χ3n) is 3.39. The largest absolute Gasteiger partial charge is 0.504 e. The molecule has 128 valence electrons. The minimum Gasteiger partial charge on any atom is -0.504 e. The molecule has 8 nitrogen and oxygen atoms in total. The van der Waals surface area contributed by atoms with Crippen molar-refractivity contribution in [2.24, 2.45) is 10.2 Å². The maximum Gasteiger partial charge on any atom is 0.360 e. The maximum absolute atomic E-state index is 12.2. The predicted octanol–water partition coefficient (Wildman–Crippen LogP) is 3.64. The summed E-state index contributed by atoms with van der Waals surface area (Å²) in [6.07, 6.45) is 1.63. The van der Waals surface area contributed by atoms with Crippen molar-refractivity contribution in [1.29, 1.82) is 0 Å². The molecule has 0 aliphatic carbocycles. The van der Waals surface area contributed by atoms with Crippen LogP contribution >= 0.6 is 0 Å². The number of hydrogen-bond acceptors (Lipinski definition) is 7. The van der Waals surface area contributed by atoms with E-state index in [-0.39, 0.29) is 29.5 Å². The summed E-state index contributed by atoms with van der Waals surface area (Å²) in [5.41, 5.74) is 0.726. The summed E-state index contributed by atoms with van der Waals surface area (Å²) < 4.78 is 11.6. The monoisotopic (exact) mass is 340 g/mol. The standard InChI is InChI=1S/C17H16N4O4/c1-3-25-17(23)14-16(21-9-5-8-13(22)15(21)18-14)20-19-11-6-4-7-12(10-11)24-2/h4-10,22H,3H2,1-2H3. The average molecular weight is 340 g/mol. The summed E-state index contributed by atoms with van der Waals surface area (Å²) in [6.45, 7) is 1.90. The quantitative estimate of drug-likeness (QED) is 0.565. The highest BCUT2D eigenvalue weighted by atomic mass is 16.5. The molecule has 0 spiro atoms. The topological polar surface area (TPSA) is 97.8 Å². The van der Waals surface area contributed by atoms with E-state index in [1.165, 1.54) is 10.5 Å². The number of benzene rings is 1. The molecule has 1 aromatic carbocycles. The normalized spacial score (nSPS) is 11.1. The molecule has 0 saturated heterocycles. The van der Waals surface area contributed by atoms with Crippen molar-refractivity contribution in [3.63, 3.8) is 0 Å². The number of carbonyl (C=O) groups excluding carboxylic acids is 1. The van der Waals surface area contributed by atoms with Crippen molar-refractivity contribution in [1.82, 2.24) is 9.38 Å². The van der Waals surface area contributed by atoms with E-state index in [2.05, 4.69) is 15.2 Å². The Morgan fingerprint density at radius 2 is 2.12 bits per heavy atom. The summed E-state index contributed by atoms with van der Waals surface area (Å²) in [7, 11) is 1.56. The van der Waals surface area contributed by atoms with E-state index in [0.717, 1.165) is 0 Å². The van der Waals surface area contributed by atoms with Gasteiger partial charge in [0.15, 0.2) is 22.9 Å². The van der Waals surface area contributed by atoms with Gasteiger partial charge >= 0.3 is 5.97 Å². The van der Waals surface area contributed by atoms with E-state index in [0.29, 0.717) is 11.4 Å². The number of carbonyl (C=O) groups is 1. The van der Waals surface area contributed by atoms with Crippen LogP contribution in [0.25, 0.3) is 5.65 Å². The molecule has 0 atom stereocenters. The van der Waals surface area contributed by atoms with Crippen LogP contribution in [0.15, 0.2) is 52.8 Å². The number of aromatic hydroxyl groups is 1. The minimum absolute atomic E-state index is 0.0185. The minimum atomic E-state index is -0.634. The third-order valence-corrected chi connectivity index (χ3v) is 3.39. The van der Waals surface area contributed by atoms with Crippen molar-refractivity contribution in [2.75, 3.05) is 13.7 Å². The molecule has 0 radical (unpaired) electrons. The van der Waals surface area contributed by atoms with Gasteiger partial charge in [-0.15, -0.1) is 10.2 Å². The second-order valence-corrected chi connectivity index (χ2v) is 4.99. The van der Waals surface area contributed by atoms with Gasteiger partial charge in [0, 0.05) is 12.3 Å². The molecule has 8 heteroatoms. The summed E-state index contributed by atoms with van der Waals surface area (Å²) in [4.78, 5) is 16.3. The molecular formula is C17H16N4O4. The van der Waals surface area contributed by atoms with E-state index >= 15 is 0 Å². The van der Waals surface area contributed by atoms with Crippen molar-refractivity contribution in [3.05, 3.63) is 48.3 Å². The van der Waals surface area contributed by atoms with Crippen LogP contribution in [0.2, 0.25) is 0 Å². The highest BCUT2D eigenvalue weighted by Gasteiger charge is 2.21. The number of imidazole rings is 1. The summed E-state index contributed by atoms with van der Waals surface area (Å²) in [5, 5.41) is 18.2. The molecule has 2 heterocycles. The Morgan fingerprint density at radius 3 is 2.88 bits per heavy atom. The van der Waals surface area contributed by atoms with Crippen LogP contribution < -0.4 is 4.74 Å². The molecular weight excluding hydrogens is 324 g/mol. The highest BCUT2D eigenvalue weighted by Crippen LogP contribution is 2.29. The predicted molar refractivity (Wildman–Crippen MR) is 90.0 cm³/mol. The Kier molecular flexibility index (Phi) is 4.60. The number of nitrogens with zero attached hydrogens (tertiary/aromatic N) is 4. The molecule has 25 heavy (non-hydrogen) atoms. The SMILES string of the molecule is CCOC(=O)c1nc2c(O)cccn2c1N=Nc1cccc(OC)c1. The Morgan fingerprint density at radius 1 is 1.28 bits per heavy atom. The Bertz CT molecular complexity index is 949. The number of methoxy groups -OCH3 is 1. The number of aromatic nitrogens is 2. The van der Waals surface area contributed by atoms with Crippen molar-refractivity contribution >= 4 is 23.1 Å². The summed E-state index contributed by atoms with van der Waals surface area (Å²) >= 11 is 0. The smallest absolute Gasteiger partial charge is 0.360 e. The Balaban J connectivity index is 2.09. The number of fused-ring (bicyclic) bond motifs is 1. The lowest BCUT2D eigenvalue weighted by atomic mass is 10.3. The number of azo groups is 1. The van der Waals surface area contributed by atoms with Crippen molar-refractivity contribution < 1.29 is 19.4 Å². The van der Waals surface area contributed by atoms with Gasteiger partial charge in [-0.25, -0.2) is 9.78 Å². The Hall–Kier alpha value is -3.42. The molecule has 0 amide bonds. The van der Waals surface area contributed by atoms with Crippen LogP contribution in [0, 0.1) is 0 Å². The molecule has 0 saturated carbocycles. The van der Waals surface area contributed by atoms with E-state index in [1.54, 1.807) is 50.6 Å². The lowest BCUT2D eigenvalue weighted by Crippen LogP contribution is -2.05. The van der Waals surface area contributed by atoms with Gasteiger partial charge in [-0.1, -0.05) is 6.07 Å². The van der Waals surface area contributed by atoms with Gasteiger partial charge < -0.3 is 14.6 Å².